The van der Waals surface area contributed by atoms with Gasteiger partial charge in [0.1, 0.15) is 12.4 Å². The fourth-order valence-corrected chi connectivity index (χ4v) is 4.19. The molecule has 1 fully saturated rings. The molecule has 23 heavy (non-hydrogen) atoms. The molecule has 0 saturated carbocycles. The van der Waals surface area contributed by atoms with E-state index in [-0.39, 0.29) is 25.0 Å². The molecule has 122 valence electrons. The van der Waals surface area contributed by atoms with Gasteiger partial charge in [-0.3, -0.25) is 9.59 Å². The number of amides is 1. The first-order valence-corrected chi connectivity index (χ1v) is 9.23. The van der Waals surface area contributed by atoms with E-state index in [0.29, 0.717) is 17.9 Å². The van der Waals surface area contributed by atoms with Gasteiger partial charge in [0.25, 0.3) is 5.91 Å². The molecule has 1 unspecified atom stereocenters. The SMILES string of the molecule is O=C(O)CC1CSCCN1C(=O)C1=Cc2cc(Br)ccc2OC1. The number of carboxylic acids is 1. The Kier molecular flexibility index (Phi) is 4.96. The van der Waals surface area contributed by atoms with Crippen LogP contribution >= 0.6 is 27.7 Å². The van der Waals surface area contributed by atoms with E-state index in [0.717, 1.165) is 21.5 Å². The summed E-state index contributed by atoms with van der Waals surface area (Å²) in [7, 11) is 0. The van der Waals surface area contributed by atoms with Crippen LogP contribution in [0.25, 0.3) is 6.08 Å². The summed E-state index contributed by atoms with van der Waals surface area (Å²) >= 11 is 5.10. The number of hydrogen-bond donors (Lipinski definition) is 1. The number of ether oxygens (including phenoxy) is 1. The van der Waals surface area contributed by atoms with Crippen molar-refractivity contribution in [3.8, 4) is 5.75 Å². The number of hydrogen-bond acceptors (Lipinski definition) is 4. The van der Waals surface area contributed by atoms with Crippen molar-refractivity contribution in [1.29, 1.82) is 0 Å². The van der Waals surface area contributed by atoms with E-state index in [4.69, 9.17) is 9.84 Å². The zero-order valence-electron chi connectivity index (χ0n) is 12.3. The second-order valence-corrected chi connectivity index (χ2v) is 7.53. The van der Waals surface area contributed by atoms with Gasteiger partial charge in [0, 0.05) is 28.1 Å². The first kappa shape index (κ1) is 16.4. The normalized spacial score (nSPS) is 20.3. The third-order valence-electron chi connectivity index (χ3n) is 3.86. The van der Waals surface area contributed by atoms with Gasteiger partial charge in [-0.1, -0.05) is 15.9 Å². The van der Waals surface area contributed by atoms with E-state index in [1.54, 1.807) is 16.7 Å². The number of fused-ring (bicyclic) bond motifs is 1. The van der Waals surface area contributed by atoms with Crippen molar-refractivity contribution in [1.82, 2.24) is 4.90 Å². The highest BCUT2D eigenvalue weighted by molar-refractivity contribution is 9.10. The van der Waals surface area contributed by atoms with Crippen LogP contribution in [0.1, 0.15) is 12.0 Å². The van der Waals surface area contributed by atoms with E-state index < -0.39 is 5.97 Å². The molecule has 7 heteroatoms. The predicted octanol–water partition coefficient (Wildman–Crippen LogP) is 2.64. The summed E-state index contributed by atoms with van der Waals surface area (Å²) in [5.74, 6) is 1.24. The molecule has 2 aliphatic heterocycles. The van der Waals surface area contributed by atoms with Crippen LogP contribution in [0, 0.1) is 0 Å². The van der Waals surface area contributed by atoms with Crippen molar-refractivity contribution in [3.63, 3.8) is 0 Å². The minimum atomic E-state index is -0.876. The van der Waals surface area contributed by atoms with Gasteiger partial charge < -0.3 is 14.7 Å². The van der Waals surface area contributed by atoms with Gasteiger partial charge in [-0.05, 0) is 24.3 Å². The number of thioether (sulfide) groups is 1. The molecule has 3 rings (SSSR count). The smallest absolute Gasteiger partial charge is 0.305 e. The van der Waals surface area contributed by atoms with Crippen molar-refractivity contribution in [2.24, 2.45) is 0 Å². The number of carbonyl (C=O) groups excluding carboxylic acids is 1. The van der Waals surface area contributed by atoms with Crippen molar-refractivity contribution in [2.75, 3.05) is 24.7 Å². The first-order chi connectivity index (χ1) is 11.0. The number of benzene rings is 1. The van der Waals surface area contributed by atoms with Crippen molar-refractivity contribution >= 4 is 45.6 Å². The Morgan fingerprint density at radius 2 is 2.26 bits per heavy atom. The Morgan fingerprint density at radius 1 is 1.43 bits per heavy atom. The Bertz CT molecular complexity index is 676. The molecule has 0 aliphatic carbocycles. The summed E-state index contributed by atoms with van der Waals surface area (Å²) in [6.07, 6.45) is 1.82. The summed E-state index contributed by atoms with van der Waals surface area (Å²) < 4.78 is 6.58. The molecule has 1 saturated heterocycles. The lowest BCUT2D eigenvalue weighted by atomic mass is 10.1. The van der Waals surface area contributed by atoms with Gasteiger partial charge in [-0.2, -0.15) is 11.8 Å². The maximum atomic E-state index is 12.8. The molecule has 0 aromatic heterocycles. The second-order valence-electron chi connectivity index (χ2n) is 5.47. The molecular formula is C16H16BrNO4S. The number of nitrogens with zero attached hydrogens (tertiary/aromatic N) is 1. The minimum absolute atomic E-state index is 0.0188. The number of halogens is 1. The van der Waals surface area contributed by atoms with Crippen LogP contribution in [0.2, 0.25) is 0 Å². The molecular weight excluding hydrogens is 382 g/mol. The zero-order chi connectivity index (χ0) is 16.4. The maximum Gasteiger partial charge on any atom is 0.305 e. The number of rotatable bonds is 3. The van der Waals surface area contributed by atoms with E-state index in [1.165, 1.54) is 0 Å². The van der Waals surface area contributed by atoms with Crippen LogP contribution in [0.15, 0.2) is 28.2 Å². The highest BCUT2D eigenvalue weighted by atomic mass is 79.9. The molecule has 1 aromatic rings. The van der Waals surface area contributed by atoms with Gasteiger partial charge in [0.2, 0.25) is 0 Å². The van der Waals surface area contributed by atoms with Gasteiger partial charge in [0.15, 0.2) is 0 Å². The third kappa shape index (κ3) is 3.72. The molecule has 1 N–H and O–H groups in total. The molecule has 1 aromatic carbocycles. The molecule has 1 amide bonds. The lowest BCUT2D eigenvalue weighted by Crippen LogP contribution is -2.48. The van der Waals surface area contributed by atoms with Crippen LogP contribution in [0.4, 0.5) is 0 Å². The molecule has 2 aliphatic rings. The molecule has 0 radical (unpaired) electrons. The lowest BCUT2D eigenvalue weighted by Gasteiger charge is -2.35. The second kappa shape index (κ2) is 6.97. The Hall–Kier alpha value is -1.47. The van der Waals surface area contributed by atoms with Crippen LogP contribution in [-0.2, 0) is 9.59 Å². The molecule has 2 heterocycles. The molecule has 0 bridgehead atoms. The van der Waals surface area contributed by atoms with E-state index in [2.05, 4.69) is 15.9 Å². The minimum Gasteiger partial charge on any atom is -0.488 e. The lowest BCUT2D eigenvalue weighted by molar-refractivity contribution is -0.139. The van der Waals surface area contributed by atoms with Gasteiger partial charge in [-0.25, -0.2) is 0 Å². The fraction of sp³-hybridized carbons (Fsp3) is 0.375. The number of carboxylic acid groups (broad SMARTS) is 1. The predicted molar refractivity (Wildman–Crippen MR) is 92.7 cm³/mol. The first-order valence-electron chi connectivity index (χ1n) is 7.28. The molecule has 1 atom stereocenters. The van der Waals surface area contributed by atoms with Crippen LogP contribution in [0.3, 0.4) is 0 Å². The van der Waals surface area contributed by atoms with Crippen molar-refractivity contribution in [2.45, 2.75) is 12.5 Å². The quantitative estimate of drug-likeness (QED) is 0.848. The van der Waals surface area contributed by atoms with Gasteiger partial charge in [-0.15, -0.1) is 0 Å². The summed E-state index contributed by atoms with van der Waals surface area (Å²) in [6.45, 7) is 0.793. The standard InChI is InChI=1S/C16H16BrNO4S/c17-12-1-2-14-10(6-12)5-11(8-22-14)16(21)18-3-4-23-9-13(18)7-15(19)20/h1-2,5-6,13H,3-4,7-9H2,(H,19,20). The molecule has 0 spiro atoms. The van der Waals surface area contributed by atoms with Crippen LogP contribution in [-0.4, -0.2) is 52.6 Å². The van der Waals surface area contributed by atoms with Gasteiger partial charge >= 0.3 is 5.97 Å². The van der Waals surface area contributed by atoms with Gasteiger partial charge in [0.05, 0.1) is 18.0 Å². The highest BCUT2D eigenvalue weighted by Crippen LogP contribution is 2.30. The van der Waals surface area contributed by atoms with Crippen molar-refractivity contribution < 1.29 is 19.4 Å². The zero-order valence-corrected chi connectivity index (χ0v) is 14.7. The fourth-order valence-electron chi connectivity index (χ4n) is 2.75. The largest absolute Gasteiger partial charge is 0.488 e. The van der Waals surface area contributed by atoms with E-state index in [1.807, 2.05) is 24.3 Å². The maximum absolute atomic E-state index is 12.8. The van der Waals surface area contributed by atoms with Crippen molar-refractivity contribution in [3.05, 3.63) is 33.8 Å². The average Bonchev–Trinajstić information content (AvgIpc) is 2.53. The highest BCUT2D eigenvalue weighted by Gasteiger charge is 2.31. The third-order valence-corrected chi connectivity index (χ3v) is 5.44. The topological polar surface area (TPSA) is 66.8 Å². The summed E-state index contributed by atoms with van der Waals surface area (Å²) in [6, 6.07) is 5.40. The van der Waals surface area contributed by atoms with Crippen LogP contribution in [0.5, 0.6) is 5.75 Å². The monoisotopic (exact) mass is 397 g/mol. The van der Waals surface area contributed by atoms with E-state index >= 15 is 0 Å². The average molecular weight is 398 g/mol. The number of carbonyl (C=O) groups is 2. The Labute approximate surface area is 146 Å². The molecule has 5 nitrogen and oxygen atoms in total. The summed E-state index contributed by atoms with van der Waals surface area (Å²) in [5.41, 5.74) is 1.42. The van der Waals surface area contributed by atoms with Crippen LogP contribution < -0.4 is 4.74 Å². The summed E-state index contributed by atoms with van der Waals surface area (Å²) in [4.78, 5) is 25.5. The number of aliphatic carboxylic acids is 1. The summed E-state index contributed by atoms with van der Waals surface area (Å²) in [5, 5.41) is 9.04. The Morgan fingerprint density at radius 3 is 3.04 bits per heavy atom. The van der Waals surface area contributed by atoms with E-state index in [9.17, 15) is 9.59 Å². The Balaban J connectivity index is 1.83.